The number of hydrogen-bond donors (Lipinski definition) is 2. The summed E-state index contributed by atoms with van der Waals surface area (Å²) < 4.78 is 8.09. The van der Waals surface area contributed by atoms with Crippen molar-refractivity contribution in [3.05, 3.63) is 47.1 Å². The fourth-order valence-corrected chi connectivity index (χ4v) is 2.18. The number of halogens is 1. The van der Waals surface area contributed by atoms with Gasteiger partial charge in [-0.1, -0.05) is 0 Å². The Bertz CT molecular complexity index is 741. The minimum atomic E-state index is 0.501. The number of nitrogens with two attached hydrogens (primary N) is 1. The van der Waals surface area contributed by atoms with Crippen LogP contribution in [-0.2, 0) is 0 Å². The summed E-state index contributed by atoms with van der Waals surface area (Å²) in [5, 5.41) is 7.52. The molecule has 3 N–H and O–H groups in total. The van der Waals surface area contributed by atoms with Crippen LogP contribution >= 0.6 is 15.9 Å². The number of pyridine rings is 1. The maximum Gasteiger partial charge on any atom is 0.247 e. The highest BCUT2D eigenvalue weighted by Crippen LogP contribution is 2.19. The molecule has 3 rings (SSSR count). The van der Waals surface area contributed by atoms with Crippen molar-refractivity contribution in [1.29, 1.82) is 0 Å². The van der Waals surface area contributed by atoms with Crippen LogP contribution < -0.4 is 15.8 Å². The molecule has 0 amide bonds. The second kappa shape index (κ2) is 6.11. The Labute approximate surface area is 130 Å². The van der Waals surface area contributed by atoms with Gasteiger partial charge in [-0.25, -0.2) is 4.52 Å². The first-order chi connectivity index (χ1) is 10.2. The second-order valence-corrected chi connectivity index (χ2v) is 5.29. The van der Waals surface area contributed by atoms with Crippen molar-refractivity contribution in [2.75, 3.05) is 18.5 Å². The van der Waals surface area contributed by atoms with E-state index in [2.05, 4.69) is 31.3 Å². The van der Waals surface area contributed by atoms with E-state index in [4.69, 9.17) is 10.5 Å². The largest absolute Gasteiger partial charge is 0.492 e. The van der Waals surface area contributed by atoms with E-state index in [9.17, 15) is 0 Å². The van der Waals surface area contributed by atoms with Crippen molar-refractivity contribution in [2.45, 2.75) is 0 Å². The van der Waals surface area contributed by atoms with E-state index in [0.29, 0.717) is 19.1 Å². The molecular formula is C14H14BrN5O. The zero-order valence-corrected chi connectivity index (χ0v) is 12.7. The highest BCUT2D eigenvalue weighted by Gasteiger charge is 2.04. The molecule has 2 heterocycles. The lowest BCUT2D eigenvalue weighted by molar-refractivity contribution is 0.328. The number of nitrogens with zero attached hydrogens (tertiary/aromatic N) is 3. The Balaban J connectivity index is 1.75. The van der Waals surface area contributed by atoms with E-state index in [-0.39, 0.29) is 0 Å². The van der Waals surface area contributed by atoms with Crippen molar-refractivity contribution in [3.63, 3.8) is 0 Å². The zero-order valence-electron chi connectivity index (χ0n) is 11.2. The Morgan fingerprint density at radius 3 is 2.76 bits per heavy atom. The number of benzene rings is 1. The molecule has 0 aliphatic rings. The summed E-state index contributed by atoms with van der Waals surface area (Å²) >= 11 is 3.41. The molecule has 3 aromatic rings. The topological polar surface area (TPSA) is 77.5 Å². The number of nitrogens with one attached hydrogen (secondary N) is 1. The van der Waals surface area contributed by atoms with E-state index in [1.807, 2.05) is 42.6 Å². The number of rotatable bonds is 5. The monoisotopic (exact) mass is 347 g/mol. The Hall–Kier alpha value is -2.12. The smallest absolute Gasteiger partial charge is 0.247 e. The third-order valence-corrected chi connectivity index (χ3v) is 3.26. The standard InChI is InChI=1S/C14H14BrN5O/c15-10-1-6-13-18-14(19-20(13)9-10)17-11-2-4-12(5-3-11)21-8-7-16/h1-6,9H,7-8,16H2,(H,17,19). The number of fused-ring (bicyclic) bond motifs is 1. The van der Waals surface area contributed by atoms with Gasteiger partial charge in [-0.05, 0) is 52.3 Å². The van der Waals surface area contributed by atoms with Crippen LogP contribution in [-0.4, -0.2) is 27.7 Å². The predicted octanol–water partition coefficient (Wildman–Crippen LogP) is 2.57. The molecule has 2 aromatic heterocycles. The molecule has 0 saturated heterocycles. The normalized spacial score (nSPS) is 10.8. The number of ether oxygens (including phenoxy) is 1. The highest BCUT2D eigenvalue weighted by molar-refractivity contribution is 9.10. The summed E-state index contributed by atoms with van der Waals surface area (Å²) in [6.07, 6.45) is 1.86. The molecule has 1 aromatic carbocycles. The quantitative estimate of drug-likeness (QED) is 0.741. The van der Waals surface area contributed by atoms with Crippen LogP contribution in [0.25, 0.3) is 5.65 Å². The Morgan fingerprint density at radius 1 is 1.19 bits per heavy atom. The minimum Gasteiger partial charge on any atom is -0.492 e. The average molecular weight is 348 g/mol. The molecular weight excluding hydrogens is 334 g/mol. The lowest BCUT2D eigenvalue weighted by atomic mass is 10.3. The molecule has 0 spiro atoms. The molecule has 0 atom stereocenters. The Kier molecular flexibility index (Phi) is 4.03. The summed E-state index contributed by atoms with van der Waals surface area (Å²) in [7, 11) is 0. The second-order valence-electron chi connectivity index (χ2n) is 4.37. The van der Waals surface area contributed by atoms with E-state index >= 15 is 0 Å². The lowest BCUT2D eigenvalue weighted by Gasteiger charge is -2.05. The summed E-state index contributed by atoms with van der Waals surface area (Å²) in [6.45, 7) is 1.01. The molecule has 0 saturated carbocycles. The molecule has 108 valence electrons. The Morgan fingerprint density at radius 2 is 2.00 bits per heavy atom. The molecule has 0 radical (unpaired) electrons. The van der Waals surface area contributed by atoms with E-state index in [0.717, 1.165) is 21.6 Å². The van der Waals surface area contributed by atoms with Crippen LogP contribution in [0.15, 0.2) is 47.1 Å². The summed E-state index contributed by atoms with van der Waals surface area (Å²) in [6, 6.07) is 11.4. The van der Waals surface area contributed by atoms with Crippen LogP contribution in [0.3, 0.4) is 0 Å². The summed E-state index contributed by atoms with van der Waals surface area (Å²) in [5.41, 5.74) is 7.07. The van der Waals surface area contributed by atoms with Gasteiger partial charge in [-0.3, -0.25) is 0 Å². The molecule has 0 bridgehead atoms. The van der Waals surface area contributed by atoms with Gasteiger partial charge < -0.3 is 15.8 Å². The molecule has 0 fully saturated rings. The molecule has 7 heteroatoms. The van der Waals surface area contributed by atoms with E-state index in [1.54, 1.807) is 4.52 Å². The van der Waals surface area contributed by atoms with Gasteiger partial charge in [0.05, 0.1) is 0 Å². The fourth-order valence-electron chi connectivity index (χ4n) is 1.85. The van der Waals surface area contributed by atoms with Crippen LogP contribution in [0.2, 0.25) is 0 Å². The first-order valence-corrected chi connectivity index (χ1v) is 7.26. The van der Waals surface area contributed by atoms with Gasteiger partial charge in [-0.15, -0.1) is 5.10 Å². The van der Waals surface area contributed by atoms with Crippen molar-refractivity contribution in [2.24, 2.45) is 5.73 Å². The minimum absolute atomic E-state index is 0.501. The van der Waals surface area contributed by atoms with Gasteiger partial charge in [-0.2, -0.15) is 4.98 Å². The van der Waals surface area contributed by atoms with Gasteiger partial charge in [0.2, 0.25) is 5.95 Å². The molecule has 6 nitrogen and oxygen atoms in total. The SMILES string of the molecule is NCCOc1ccc(Nc2nc3ccc(Br)cn3n2)cc1. The first kappa shape index (κ1) is 13.8. The fraction of sp³-hybridized carbons (Fsp3) is 0.143. The third kappa shape index (κ3) is 3.32. The lowest BCUT2D eigenvalue weighted by Crippen LogP contribution is -2.10. The third-order valence-electron chi connectivity index (χ3n) is 2.79. The van der Waals surface area contributed by atoms with Gasteiger partial charge >= 0.3 is 0 Å². The van der Waals surface area contributed by atoms with Gasteiger partial charge in [0.15, 0.2) is 5.65 Å². The van der Waals surface area contributed by atoms with Crippen LogP contribution in [0.4, 0.5) is 11.6 Å². The maximum absolute atomic E-state index is 5.43. The van der Waals surface area contributed by atoms with Crippen LogP contribution in [0.1, 0.15) is 0 Å². The van der Waals surface area contributed by atoms with Crippen LogP contribution in [0.5, 0.6) is 5.75 Å². The van der Waals surface area contributed by atoms with E-state index in [1.165, 1.54) is 0 Å². The van der Waals surface area contributed by atoms with E-state index < -0.39 is 0 Å². The number of hydrogen-bond acceptors (Lipinski definition) is 5. The molecule has 0 unspecified atom stereocenters. The van der Waals surface area contributed by atoms with Gasteiger partial charge in [0.25, 0.3) is 0 Å². The van der Waals surface area contributed by atoms with Crippen molar-refractivity contribution < 1.29 is 4.74 Å². The van der Waals surface area contributed by atoms with Gasteiger partial charge in [0.1, 0.15) is 12.4 Å². The molecule has 21 heavy (non-hydrogen) atoms. The summed E-state index contributed by atoms with van der Waals surface area (Å²) in [5.74, 6) is 1.33. The van der Waals surface area contributed by atoms with Gasteiger partial charge in [0, 0.05) is 22.9 Å². The maximum atomic E-state index is 5.43. The molecule has 0 aliphatic carbocycles. The highest BCUT2D eigenvalue weighted by atomic mass is 79.9. The van der Waals surface area contributed by atoms with Crippen molar-refractivity contribution in [1.82, 2.24) is 14.6 Å². The first-order valence-electron chi connectivity index (χ1n) is 6.46. The predicted molar refractivity (Wildman–Crippen MR) is 85.0 cm³/mol. The number of anilines is 2. The zero-order chi connectivity index (χ0) is 14.7. The van der Waals surface area contributed by atoms with Crippen molar-refractivity contribution in [3.8, 4) is 5.75 Å². The van der Waals surface area contributed by atoms with Crippen molar-refractivity contribution >= 4 is 33.2 Å². The summed E-state index contributed by atoms with van der Waals surface area (Å²) in [4.78, 5) is 4.39. The number of aromatic nitrogens is 3. The van der Waals surface area contributed by atoms with Crippen LogP contribution in [0, 0.1) is 0 Å². The molecule has 0 aliphatic heterocycles. The average Bonchev–Trinajstić information content (AvgIpc) is 2.88.